The summed E-state index contributed by atoms with van der Waals surface area (Å²) >= 11 is 5.09. The Labute approximate surface area is 119 Å². The minimum atomic E-state index is -3.00. The van der Waals surface area contributed by atoms with Crippen molar-refractivity contribution in [2.24, 2.45) is 11.1 Å². The summed E-state index contributed by atoms with van der Waals surface area (Å²) in [5.74, 6) is 0.123. The van der Waals surface area contributed by atoms with Crippen molar-refractivity contribution < 1.29 is 13.2 Å². The van der Waals surface area contributed by atoms with Crippen molar-refractivity contribution in [3.8, 4) is 0 Å². The summed E-state index contributed by atoms with van der Waals surface area (Å²) in [6, 6.07) is -0.232. The van der Waals surface area contributed by atoms with Crippen molar-refractivity contribution in [3.05, 3.63) is 0 Å². The zero-order valence-electron chi connectivity index (χ0n) is 11.1. The van der Waals surface area contributed by atoms with E-state index in [0.717, 1.165) is 12.8 Å². The van der Waals surface area contributed by atoms with Gasteiger partial charge in [-0.3, -0.25) is 4.79 Å². The van der Waals surface area contributed by atoms with E-state index in [2.05, 4.69) is 0 Å². The molecule has 2 fully saturated rings. The predicted octanol–water partition coefficient (Wildman–Crippen LogP) is 0.478. The van der Waals surface area contributed by atoms with Crippen molar-refractivity contribution in [2.75, 3.05) is 18.6 Å². The van der Waals surface area contributed by atoms with Crippen LogP contribution in [0.25, 0.3) is 0 Å². The SMILES string of the molecule is CN(C(=O)C1(C(N)=S)CCCC1)C1CCS(=O)(=O)C1. The summed E-state index contributed by atoms with van der Waals surface area (Å²) in [6.45, 7) is 0. The standard InChI is InChI=1S/C12H20N2O3S2/c1-14(9-4-7-19(16,17)8-9)11(15)12(10(13)18)5-2-3-6-12/h9H,2-8H2,1H3,(H2,13,18). The van der Waals surface area contributed by atoms with Crippen LogP contribution in [0.2, 0.25) is 0 Å². The van der Waals surface area contributed by atoms with Gasteiger partial charge in [0.2, 0.25) is 5.91 Å². The van der Waals surface area contributed by atoms with Crippen molar-refractivity contribution in [3.63, 3.8) is 0 Å². The molecule has 0 bridgehead atoms. The molecule has 2 N–H and O–H groups in total. The van der Waals surface area contributed by atoms with Gasteiger partial charge in [-0.25, -0.2) is 8.42 Å². The molecule has 5 nitrogen and oxygen atoms in total. The van der Waals surface area contributed by atoms with Crippen LogP contribution >= 0.6 is 12.2 Å². The van der Waals surface area contributed by atoms with E-state index in [1.165, 1.54) is 0 Å². The Balaban J connectivity index is 2.17. The molecule has 1 aliphatic carbocycles. The van der Waals surface area contributed by atoms with Gasteiger partial charge in [0.15, 0.2) is 9.84 Å². The number of nitrogens with two attached hydrogens (primary N) is 1. The highest BCUT2D eigenvalue weighted by atomic mass is 32.2. The zero-order chi connectivity index (χ0) is 14.3. The van der Waals surface area contributed by atoms with E-state index in [4.69, 9.17) is 18.0 Å². The molecule has 1 saturated heterocycles. The van der Waals surface area contributed by atoms with Gasteiger partial charge in [-0.15, -0.1) is 0 Å². The van der Waals surface area contributed by atoms with Crippen molar-refractivity contribution >= 4 is 33.0 Å². The minimum Gasteiger partial charge on any atom is -0.392 e. The van der Waals surface area contributed by atoms with Crippen LogP contribution in [-0.2, 0) is 14.6 Å². The molecule has 2 rings (SSSR count). The van der Waals surface area contributed by atoms with Crippen molar-refractivity contribution in [1.29, 1.82) is 0 Å². The largest absolute Gasteiger partial charge is 0.392 e. The minimum absolute atomic E-state index is 0.0582. The molecule has 1 saturated carbocycles. The lowest BCUT2D eigenvalue weighted by atomic mass is 9.84. The van der Waals surface area contributed by atoms with Crippen LogP contribution in [0.15, 0.2) is 0 Å². The molecule has 0 radical (unpaired) electrons. The fourth-order valence-corrected chi connectivity index (χ4v) is 5.19. The summed E-state index contributed by atoms with van der Waals surface area (Å²) < 4.78 is 23.0. The second-order valence-corrected chi connectivity index (χ2v) is 8.29. The average molecular weight is 304 g/mol. The maximum Gasteiger partial charge on any atom is 0.235 e. The molecule has 2 aliphatic rings. The zero-order valence-corrected chi connectivity index (χ0v) is 12.7. The number of nitrogens with zero attached hydrogens (tertiary/aromatic N) is 1. The Morgan fingerprint density at radius 2 is 1.95 bits per heavy atom. The van der Waals surface area contributed by atoms with Gasteiger partial charge in [0.25, 0.3) is 0 Å². The highest BCUT2D eigenvalue weighted by molar-refractivity contribution is 7.91. The van der Waals surface area contributed by atoms with E-state index in [9.17, 15) is 13.2 Å². The lowest BCUT2D eigenvalue weighted by Crippen LogP contribution is -2.51. The topological polar surface area (TPSA) is 80.5 Å². The first-order valence-electron chi connectivity index (χ1n) is 6.56. The normalized spacial score (nSPS) is 28.2. The second kappa shape index (κ2) is 5.01. The summed E-state index contributed by atoms with van der Waals surface area (Å²) in [7, 11) is -1.32. The van der Waals surface area contributed by atoms with Crippen molar-refractivity contribution in [2.45, 2.75) is 38.1 Å². The van der Waals surface area contributed by atoms with Crippen LogP contribution in [0.3, 0.4) is 0 Å². The molecular formula is C12H20N2O3S2. The van der Waals surface area contributed by atoms with Gasteiger partial charge in [0, 0.05) is 13.1 Å². The first kappa shape index (κ1) is 14.7. The summed E-state index contributed by atoms with van der Waals surface area (Å²) in [6.07, 6.45) is 3.77. The molecule has 0 aromatic carbocycles. The monoisotopic (exact) mass is 304 g/mol. The Hall–Kier alpha value is -0.690. The number of hydrogen-bond donors (Lipinski definition) is 1. The van der Waals surface area contributed by atoms with Gasteiger partial charge in [-0.05, 0) is 19.3 Å². The summed E-state index contributed by atoms with van der Waals surface area (Å²) in [4.78, 5) is 14.5. The number of hydrogen-bond acceptors (Lipinski definition) is 4. The molecule has 1 amide bonds. The fraction of sp³-hybridized carbons (Fsp3) is 0.833. The molecule has 19 heavy (non-hydrogen) atoms. The number of thiocarbonyl (C=S) groups is 1. The van der Waals surface area contributed by atoms with Crippen LogP contribution in [0.1, 0.15) is 32.1 Å². The van der Waals surface area contributed by atoms with Crippen LogP contribution in [0.5, 0.6) is 0 Å². The Morgan fingerprint density at radius 1 is 1.37 bits per heavy atom. The Bertz CT molecular complexity index is 495. The van der Waals surface area contributed by atoms with Gasteiger partial charge < -0.3 is 10.6 Å². The Morgan fingerprint density at radius 3 is 2.37 bits per heavy atom. The fourth-order valence-electron chi connectivity index (χ4n) is 3.13. The van der Waals surface area contributed by atoms with Gasteiger partial charge in [-0.2, -0.15) is 0 Å². The van der Waals surface area contributed by atoms with Crippen LogP contribution in [0.4, 0.5) is 0 Å². The van der Waals surface area contributed by atoms with E-state index in [0.29, 0.717) is 19.3 Å². The van der Waals surface area contributed by atoms with Crippen molar-refractivity contribution in [1.82, 2.24) is 4.90 Å². The lowest BCUT2D eigenvalue weighted by Gasteiger charge is -2.34. The Kier molecular flexibility index (Phi) is 3.88. The number of carbonyl (C=O) groups excluding carboxylic acids is 1. The average Bonchev–Trinajstić information content (AvgIpc) is 2.94. The first-order chi connectivity index (χ1) is 8.78. The van der Waals surface area contributed by atoms with Crippen LogP contribution in [-0.4, -0.2) is 48.8 Å². The highest BCUT2D eigenvalue weighted by Gasteiger charge is 2.47. The number of amides is 1. The third-order valence-corrected chi connectivity index (χ3v) is 6.56. The van der Waals surface area contributed by atoms with E-state index in [1.54, 1.807) is 11.9 Å². The number of carbonyl (C=O) groups is 1. The number of sulfone groups is 1. The molecule has 1 unspecified atom stereocenters. The van der Waals surface area contributed by atoms with Gasteiger partial charge in [-0.1, -0.05) is 25.1 Å². The van der Waals surface area contributed by atoms with Gasteiger partial charge in [0.05, 0.1) is 21.9 Å². The third kappa shape index (κ3) is 2.63. The van der Waals surface area contributed by atoms with Gasteiger partial charge in [0.1, 0.15) is 0 Å². The highest BCUT2D eigenvalue weighted by Crippen LogP contribution is 2.40. The molecule has 0 spiro atoms. The van der Waals surface area contributed by atoms with E-state index in [-0.39, 0.29) is 28.4 Å². The molecule has 108 valence electrons. The predicted molar refractivity (Wildman–Crippen MR) is 77.5 cm³/mol. The molecule has 1 atom stereocenters. The first-order valence-corrected chi connectivity index (χ1v) is 8.79. The quantitative estimate of drug-likeness (QED) is 0.767. The lowest BCUT2D eigenvalue weighted by molar-refractivity contribution is -0.138. The maximum absolute atomic E-state index is 12.7. The molecular weight excluding hydrogens is 284 g/mol. The van der Waals surface area contributed by atoms with Crippen LogP contribution in [0, 0.1) is 5.41 Å². The maximum atomic E-state index is 12.7. The smallest absolute Gasteiger partial charge is 0.235 e. The summed E-state index contributed by atoms with van der Waals surface area (Å²) in [5, 5.41) is 0. The molecule has 7 heteroatoms. The van der Waals surface area contributed by atoms with E-state index in [1.807, 2.05) is 0 Å². The second-order valence-electron chi connectivity index (χ2n) is 5.63. The van der Waals surface area contributed by atoms with E-state index >= 15 is 0 Å². The van der Waals surface area contributed by atoms with E-state index < -0.39 is 15.3 Å². The van der Waals surface area contributed by atoms with Gasteiger partial charge >= 0.3 is 0 Å². The van der Waals surface area contributed by atoms with Crippen LogP contribution < -0.4 is 5.73 Å². The number of rotatable bonds is 3. The third-order valence-electron chi connectivity index (χ3n) is 4.41. The molecule has 0 aromatic rings. The molecule has 1 aliphatic heterocycles. The molecule has 0 aromatic heterocycles. The molecule has 1 heterocycles. The summed E-state index contributed by atoms with van der Waals surface area (Å²) in [5.41, 5.74) is 5.05.